The summed E-state index contributed by atoms with van der Waals surface area (Å²) >= 11 is 0. The Balaban J connectivity index is 0.000000422. The molecule has 5 aromatic rings. The Labute approximate surface area is 231 Å². The summed E-state index contributed by atoms with van der Waals surface area (Å²) in [7, 11) is 0. The van der Waals surface area contributed by atoms with Crippen LogP contribution in [0.5, 0.6) is 0 Å². The van der Waals surface area contributed by atoms with Crippen LogP contribution in [0.2, 0.25) is 0 Å². The average Bonchev–Trinajstić information content (AvgIpc) is 2.81. The summed E-state index contributed by atoms with van der Waals surface area (Å²) in [5.74, 6) is -0.0625. The van der Waals surface area contributed by atoms with Gasteiger partial charge in [0.2, 0.25) is 0 Å². The van der Waals surface area contributed by atoms with Gasteiger partial charge in [-0.25, -0.2) is 0 Å². The second-order valence-electron chi connectivity index (χ2n) is 10.2. The number of aromatic nitrogens is 2. The van der Waals surface area contributed by atoms with Crippen LogP contribution in [-0.2, 0) is 30.3 Å². The Morgan fingerprint density at radius 2 is 1.65 bits per heavy atom. The maximum atomic E-state index is 10.0. The first-order chi connectivity index (χ1) is 17.0. The maximum absolute atomic E-state index is 10.0. The van der Waals surface area contributed by atoms with E-state index in [1.54, 1.807) is 0 Å². The SMILES string of the molecule is CC(=O)/C=C(/C)O.Cc1ccc2c(c1)ncc1c(-c3[c-]c4ccccc4c(C(C)(C)C)c3)nccc12.[Ir]. The van der Waals surface area contributed by atoms with E-state index in [2.05, 4.69) is 88.4 Å². The molecule has 37 heavy (non-hydrogen) atoms. The molecule has 0 aliphatic heterocycles. The average molecular weight is 668 g/mol. The van der Waals surface area contributed by atoms with Crippen molar-refractivity contribution >= 4 is 38.2 Å². The molecule has 3 aromatic carbocycles. The van der Waals surface area contributed by atoms with Gasteiger partial charge in [0.25, 0.3) is 0 Å². The van der Waals surface area contributed by atoms with E-state index in [9.17, 15) is 4.79 Å². The number of carbonyl (C=O) groups excluding carboxylic acids is 1. The maximum Gasteiger partial charge on any atom is 0.155 e. The Bertz CT molecular complexity index is 1630. The number of carbonyl (C=O) groups is 1. The molecule has 1 N–H and O–H groups in total. The number of hydrogen-bond donors (Lipinski definition) is 1. The third-order valence-corrected chi connectivity index (χ3v) is 6.02. The molecule has 4 nitrogen and oxygen atoms in total. The monoisotopic (exact) mass is 668 g/mol. The summed E-state index contributed by atoms with van der Waals surface area (Å²) in [5, 5.41) is 14.1. The predicted octanol–water partition coefficient (Wildman–Crippen LogP) is 8.04. The van der Waals surface area contributed by atoms with Crippen molar-refractivity contribution in [3.05, 3.63) is 96.0 Å². The van der Waals surface area contributed by atoms with Crippen LogP contribution < -0.4 is 0 Å². The van der Waals surface area contributed by atoms with E-state index < -0.39 is 0 Å². The number of fused-ring (bicyclic) bond motifs is 4. The minimum atomic E-state index is -0.125. The van der Waals surface area contributed by atoms with Crippen LogP contribution in [0, 0.1) is 13.0 Å². The summed E-state index contributed by atoms with van der Waals surface area (Å²) in [5.41, 5.74) is 5.53. The van der Waals surface area contributed by atoms with Gasteiger partial charge in [-0.1, -0.05) is 62.1 Å². The van der Waals surface area contributed by atoms with Gasteiger partial charge in [0.05, 0.1) is 11.3 Å². The number of allylic oxidation sites excluding steroid dienone is 2. The molecule has 0 atom stereocenters. The van der Waals surface area contributed by atoms with E-state index in [1.165, 1.54) is 41.8 Å². The van der Waals surface area contributed by atoms with Crippen molar-refractivity contribution < 1.29 is 30.0 Å². The summed E-state index contributed by atoms with van der Waals surface area (Å²) in [6.45, 7) is 11.7. The van der Waals surface area contributed by atoms with E-state index in [1.807, 2.05) is 12.4 Å². The largest absolute Gasteiger partial charge is 0.512 e. The summed E-state index contributed by atoms with van der Waals surface area (Å²) in [6.07, 6.45) is 5.02. The molecule has 5 heteroatoms. The van der Waals surface area contributed by atoms with Crippen molar-refractivity contribution in [1.82, 2.24) is 9.97 Å². The zero-order valence-corrected chi connectivity index (χ0v) is 24.4. The topological polar surface area (TPSA) is 63.1 Å². The zero-order valence-electron chi connectivity index (χ0n) is 22.0. The van der Waals surface area contributed by atoms with Crippen LogP contribution in [0.25, 0.3) is 43.7 Å². The minimum absolute atomic E-state index is 0. The molecular formula is C32H31IrN2O2-. The normalized spacial score (nSPS) is 11.7. The summed E-state index contributed by atoms with van der Waals surface area (Å²) in [4.78, 5) is 19.5. The Morgan fingerprint density at radius 3 is 2.30 bits per heavy atom. The standard InChI is InChI=1S/C27H23N2.C5H8O2.Ir/c1-17-9-10-22-21-11-12-28-26(23(21)16-29-25(22)13-17)19-14-18-7-5-6-8-20(18)24(15-19)27(2,3)4;1-4(6)3-5(2)7;/h5-13,15-16H,1-4H3;3,6H,1-2H3;/q-1;;/b;4-3-;. The number of aliphatic hydroxyl groups is 1. The molecule has 2 aromatic heterocycles. The van der Waals surface area contributed by atoms with Gasteiger partial charge in [-0.15, -0.1) is 29.1 Å². The van der Waals surface area contributed by atoms with Gasteiger partial charge in [-0.3, -0.25) is 14.8 Å². The van der Waals surface area contributed by atoms with Gasteiger partial charge in [0, 0.05) is 49.7 Å². The molecule has 0 fully saturated rings. The number of aliphatic hydroxyl groups excluding tert-OH is 1. The predicted molar refractivity (Wildman–Crippen MR) is 149 cm³/mol. The van der Waals surface area contributed by atoms with Gasteiger partial charge in [-0.05, 0) is 54.7 Å². The second-order valence-corrected chi connectivity index (χ2v) is 10.2. The van der Waals surface area contributed by atoms with Crippen LogP contribution >= 0.6 is 0 Å². The molecule has 0 aliphatic carbocycles. The Kier molecular flexibility index (Phi) is 8.63. The van der Waals surface area contributed by atoms with Gasteiger partial charge in [0.15, 0.2) is 5.78 Å². The van der Waals surface area contributed by atoms with Gasteiger partial charge >= 0.3 is 0 Å². The number of aryl methyl sites for hydroxylation is 1. The van der Waals surface area contributed by atoms with Crippen molar-refractivity contribution in [1.29, 1.82) is 0 Å². The fourth-order valence-electron chi connectivity index (χ4n) is 4.44. The molecule has 0 unspecified atom stereocenters. The third-order valence-electron chi connectivity index (χ3n) is 6.02. The van der Waals surface area contributed by atoms with Crippen molar-refractivity contribution in [3.63, 3.8) is 0 Å². The molecule has 2 heterocycles. The van der Waals surface area contributed by atoms with E-state index in [4.69, 9.17) is 15.1 Å². The molecular weight excluding hydrogens is 637 g/mol. The van der Waals surface area contributed by atoms with Crippen LogP contribution in [-0.4, -0.2) is 20.9 Å². The first kappa shape index (κ1) is 28.2. The molecule has 0 spiro atoms. The van der Waals surface area contributed by atoms with Crippen molar-refractivity contribution in [2.75, 3.05) is 0 Å². The number of ketones is 1. The van der Waals surface area contributed by atoms with Crippen LogP contribution in [0.1, 0.15) is 45.7 Å². The quantitative estimate of drug-likeness (QED) is 0.0896. The van der Waals surface area contributed by atoms with Gasteiger partial charge in [0.1, 0.15) is 0 Å². The molecule has 0 saturated carbocycles. The third kappa shape index (κ3) is 6.30. The number of nitrogens with zero attached hydrogens (tertiary/aromatic N) is 2. The first-order valence-electron chi connectivity index (χ1n) is 12.0. The molecule has 1 radical (unpaired) electrons. The van der Waals surface area contributed by atoms with Gasteiger partial charge < -0.3 is 5.11 Å². The van der Waals surface area contributed by atoms with E-state index in [-0.39, 0.29) is 37.1 Å². The Morgan fingerprint density at radius 1 is 0.919 bits per heavy atom. The summed E-state index contributed by atoms with van der Waals surface area (Å²) < 4.78 is 0. The zero-order chi connectivity index (χ0) is 26.0. The van der Waals surface area contributed by atoms with E-state index in [0.717, 1.165) is 32.9 Å². The van der Waals surface area contributed by atoms with Crippen LogP contribution in [0.3, 0.4) is 0 Å². The number of rotatable bonds is 2. The molecule has 0 amide bonds. The fourth-order valence-corrected chi connectivity index (χ4v) is 4.44. The first-order valence-corrected chi connectivity index (χ1v) is 12.0. The molecule has 5 rings (SSSR count). The molecule has 191 valence electrons. The second kappa shape index (κ2) is 11.3. The van der Waals surface area contributed by atoms with Crippen molar-refractivity contribution in [2.24, 2.45) is 0 Å². The minimum Gasteiger partial charge on any atom is -0.512 e. The van der Waals surface area contributed by atoms with Crippen molar-refractivity contribution in [2.45, 2.75) is 47.0 Å². The van der Waals surface area contributed by atoms with E-state index in [0.29, 0.717) is 0 Å². The molecule has 0 aliphatic rings. The Hall–Kier alpha value is -3.40. The number of hydrogen-bond acceptors (Lipinski definition) is 4. The number of pyridine rings is 2. The van der Waals surface area contributed by atoms with Crippen LogP contribution in [0.15, 0.2) is 78.8 Å². The summed E-state index contributed by atoms with van der Waals surface area (Å²) in [6, 6.07) is 22.9. The number of benzene rings is 3. The van der Waals surface area contributed by atoms with E-state index >= 15 is 0 Å². The van der Waals surface area contributed by atoms with Crippen molar-refractivity contribution in [3.8, 4) is 11.3 Å². The fraction of sp³-hybridized carbons (Fsp3) is 0.219. The molecule has 0 bridgehead atoms. The van der Waals surface area contributed by atoms with Gasteiger partial charge in [-0.2, -0.15) is 0 Å². The smallest absolute Gasteiger partial charge is 0.155 e. The molecule has 0 saturated heterocycles. The van der Waals surface area contributed by atoms with Crippen LogP contribution in [0.4, 0.5) is 0 Å².